The summed E-state index contributed by atoms with van der Waals surface area (Å²) in [5, 5.41) is 12.1. The molecule has 3 aromatic rings. The number of benzene rings is 3. The van der Waals surface area contributed by atoms with E-state index in [9.17, 15) is 9.59 Å². The second-order valence-electron chi connectivity index (χ2n) is 11.5. The number of carbonyl (C=O) groups is 2. The lowest BCUT2D eigenvalue weighted by atomic mass is 9.77. The lowest BCUT2D eigenvalue weighted by Crippen LogP contribution is -2.16. The van der Waals surface area contributed by atoms with Gasteiger partial charge in [0.1, 0.15) is 0 Å². The highest BCUT2D eigenvalue weighted by atomic mass is 16.4. The van der Waals surface area contributed by atoms with Crippen LogP contribution >= 0.6 is 0 Å². The molecule has 4 nitrogen and oxygen atoms in total. The average Bonchev–Trinajstić information content (AvgIpc) is 3.12. The third kappa shape index (κ3) is 6.72. The van der Waals surface area contributed by atoms with Crippen LogP contribution in [0.25, 0.3) is 11.1 Å². The molecular formula is C34H39NO3. The highest BCUT2D eigenvalue weighted by Crippen LogP contribution is 2.38. The molecule has 0 spiro atoms. The van der Waals surface area contributed by atoms with E-state index in [1.165, 1.54) is 33.4 Å². The van der Waals surface area contributed by atoms with Gasteiger partial charge < -0.3 is 10.4 Å². The molecule has 1 atom stereocenters. The Morgan fingerprint density at radius 3 is 2.05 bits per heavy atom. The Bertz CT molecular complexity index is 1250. The molecular weight excluding hydrogens is 470 g/mol. The number of anilines is 1. The zero-order valence-corrected chi connectivity index (χ0v) is 22.4. The van der Waals surface area contributed by atoms with Crippen molar-refractivity contribution >= 4 is 17.6 Å². The van der Waals surface area contributed by atoms with E-state index in [-0.39, 0.29) is 5.91 Å². The first-order valence-electron chi connectivity index (χ1n) is 14.2. The Labute approximate surface area is 226 Å². The van der Waals surface area contributed by atoms with Crippen LogP contribution in [0, 0.1) is 18.8 Å². The van der Waals surface area contributed by atoms with Gasteiger partial charge in [0.25, 0.3) is 0 Å². The zero-order valence-electron chi connectivity index (χ0n) is 22.4. The number of rotatable bonds is 7. The Kier molecular flexibility index (Phi) is 8.26. The van der Waals surface area contributed by atoms with Gasteiger partial charge in [-0.05, 0) is 116 Å². The summed E-state index contributed by atoms with van der Waals surface area (Å²) in [7, 11) is 0. The minimum atomic E-state index is -0.669. The van der Waals surface area contributed by atoms with Gasteiger partial charge in [0.05, 0.1) is 0 Å². The summed E-state index contributed by atoms with van der Waals surface area (Å²) in [4.78, 5) is 23.7. The number of aliphatic carboxylic acids is 1. The van der Waals surface area contributed by atoms with Gasteiger partial charge in [-0.25, -0.2) is 0 Å². The molecule has 38 heavy (non-hydrogen) atoms. The monoisotopic (exact) mass is 509 g/mol. The summed E-state index contributed by atoms with van der Waals surface area (Å²) in [5.74, 6) is 0.728. The third-order valence-corrected chi connectivity index (χ3v) is 8.68. The topological polar surface area (TPSA) is 66.4 Å². The lowest BCUT2D eigenvalue weighted by molar-refractivity contribution is -0.138. The first kappa shape index (κ1) is 26.2. The molecule has 0 saturated heterocycles. The molecule has 1 saturated carbocycles. The minimum Gasteiger partial charge on any atom is -0.481 e. The second-order valence-corrected chi connectivity index (χ2v) is 11.5. The maximum Gasteiger partial charge on any atom is 0.303 e. The standard InChI is InChI=1S/C34H39NO3/c1-23-2-18-32(19-3-23)35-33(36)20-24-4-10-28-16-17-31(22-30(28)11-7-24)29-14-12-27(13-15-29)26-8-5-25(6-9-26)21-34(37)38/h2-3,12-19,22,24-26H,4-11,20-21H2,1H3,(H,35,36)(H,37,38). The predicted molar refractivity (Wildman–Crippen MR) is 153 cm³/mol. The molecule has 5 rings (SSSR count). The molecule has 2 N–H and O–H groups in total. The van der Waals surface area contributed by atoms with Gasteiger partial charge in [0.15, 0.2) is 0 Å². The average molecular weight is 510 g/mol. The molecule has 0 aliphatic heterocycles. The van der Waals surface area contributed by atoms with Crippen molar-refractivity contribution in [2.75, 3.05) is 5.32 Å². The molecule has 0 aromatic heterocycles. The van der Waals surface area contributed by atoms with Crippen LogP contribution in [0.3, 0.4) is 0 Å². The van der Waals surface area contributed by atoms with Crippen molar-refractivity contribution in [3.05, 3.63) is 89.0 Å². The summed E-state index contributed by atoms with van der Waals surface area (Å²) in [6.45, 7) is 2.05. The van der Waals surface area contributed by atoms with E-state index < -0.39 is 5.97 Å². The smallest absolute Gasteiger partial charge is 0.303 e. The quantitative estimate of drug-likeness (QED) is 0.318. The Balaban J connectivity index is 1.17. The van der Waals surface area contributed by atoms with E-state index in [2.05, 4.69) is 47.8 Å². The molecule has 1 unspecified atom stereocenters. The van der Waals surface area contributed by atoms with Crippen molar-refractivity contribution in [2.45, 2.75) is 77.0 Å². The largest absolute Gasteiger partial charge is 0.481 e. The van der Waals surface area contributed by atoms with Crippen LogP contribution in [-0.2, 0) is 22.4 Å². The number of amides is 1. The fourth-order valence-electron chi connectivity index (χ4n) is 6.36. The number of aryl methyl sites for hydroxylation is 3. The molecule has 0 heterocycles. The second kappa shape index (κ2) is 12.0. The fourth-order valence-corrected chi connectivity index (χ4v) is 6.36. The van der Waals surface area contributed by atoms with E-state index in [1.54, 1.807) is 0 Å². The summed E-state index contributed by atoms with van der Waals surface area (Å²) < 4.78 is 0. The van der Waals surface area contributed by atoms with Crippen LogP contribution in [0.15, 0.2) is 66.7 Å². The van der Waals surface area contributed by atoms with Crippen molar-refractivity contribution < 1.29 is 14.7 Å². The first-order valence-corrected chi connectivity index (χ1v) is 14.2. The molecule has 1 amide bonds. The molecule has 3 aromatic carbocycles. The summed E-state index contributed by atoms with van der Waals surface area (Å²) in [5.41, 5.74) is 8.79. The molecule has 2 aliphatic rings. The number of hydrogen-bond acceptors (Lipinski definition) is 2. The normalized spacial score (nSPS) is 21.2. The highest BCUT2D eigenvalue weighted by Gasteiger charge is 2.24. The van der Waals surface area contributed by atoms with Gasteiger partial charge in [-0.2, -0.15) is 0 Å². The van der Waals surface area contributed by atoms with Crippen molar-refractivity contribution in [1.29, 1.82) is 0 Å². The maximum atomic E-state index is 12.7. The number of carboxylic acid groups (broad SMARTS) is 1. The fraction of sp³-hybridized carbons (Fsp3) is 0.412. The number of carbonyl (C=O) groups excluding carboxylic acids is 1. The summed E-state index contributed by atoms with van der Waals surface area (Å²) in [6.07, 6.45) is 9.22. The Morgan fingerprint density at radius 1 is 0.737 bits per heavy atom. The maximum absolute atomic E-state index is 12.7. The van der Waals surface area contributed by atoms with E-state index >= 15 is 0 Å². The third-order valence-electron chi connectivity index (χ3n) is 8.68. The highest BCUT2D eigenvalue weighted by molar-refractivity contribution is 5.90. The van der Waals surface area contributed by atoms with Crippen LogP contribution in [0.5, 0.6) is 0 Å². The predicted octanol–water partition coefficient (Wildman–Crippen LogP) is 7.93. The van der Waals surface area contributed by atoms with Crippen molar-refractivity contribution in [2.24, 2.45) is 11.8 Å². The Morgan fingerprint density at radius 2 is 1.37 bits per heavy atom. The van der Waals surface area contributed by atoms with Gasteiger partial charge in [0.2, 0.25) is 5.91 Å². The van der Waals surface area contributed by atoms with Crippen LogP contribution < -0.4 is 5.32 Å². The first-order chi connectivity index (χ1) is 18.4. The Hall–Kier alpha value is -3.40. The van der Waals surface area contributed by atoms with E-state index in [4.69, 9.17) is 5.11 Å². The van der Waals surface area contributed by atoms with Gasteiger partial charge in [-0.3, -0.25) is 9.59 Å². The molecule has 0 radical (unpaired) electrons. The minimum absolute atomic E-state index is 0.112. The SMILES string of the molecule is Cc1ccc(NC(=O)CC2CCc3ccc(-c4ccc(C5CCC(CC(=O)O)CC5)cc4)cc3CC2)cc1. The molecule has 198 valence electrons. The van der Waals surface area contributed by atoms with Gasteiger partial charge in [0, 0.05) is 18.5 Å². The van der Waals surface area contributed by atoms with E-state index in [0.717, 1.165) is 57.1 Å². The number of hydrogen-bond donors (Lipinski definition) is 2. The van der Waals surface area contributed by atoms with Gasteiger partial charge in [-0.1, -0.05) is 60.2 Å². The van der Waals surface area contributed by atoms with Crippen molar-refractivity contribution in [3.63, 3.8) is 0 Å². The molecule has 1 fully saturated rings. The van der Waals surface area contributed by atoms with Crippen LogP contribution in [0.1, 0.15) is 79.5 Å². The van der Waals surface area contributed by atoms with E-state index in [1.807, 2.05) is 31.2 Å². The number of carboxylic acids is 1. The van der Waals surface area contributed by atoms with Gasteiger partial charge in [-0.15, -0.1) is 0 Å². The van der Waals surface area contributed by atoms with Crippen LogP contribution in [-0.4, -0.2) is 17.0 Å². The summed E-state index contributed by atoms with van der Waals surface area (Å²) in [6, 6.07) is 23.9. The van der Waals surface area contributed by atoms with E-state index in [0.29, 0.717) is 30.6 Å². The van der Waals surface area contributed by atoms with Crippen molar-refractivity contribution in [3.8, 4) is 11.1 Å². The molecule has 4 heteroatoms. The lowest BCUT2D eigenvalue weighted by Gasteiger charge is -2.28. The number of fused-ring (bicyclic) bond motifs is 1. The van der Waals surface area contributed by atoms with Crippen LogP contribution in [0.2, 0.25) is 0 Å². The van der Waals surface area contributed by atoms with Crippen LogP contribution in [0.4, 0.5) is 5.69 Å². The number of nitrogens with one attached hydrogen (secondary N) is 1. The van der Waals surface area contributed by atoms with Gasteiger partial charge >= 0.3 is 5.97 Å². The zero-order chi connectivity index (χ0) is 26.5. The molecule has 0 bridgehead atoms. The molecule has 2 aliphatic carbocycles. The van der Waals surface area contributed by atoms with Crippen molar-refractivity contribution in [1.82, 2.24) is 0 Å². The summed E-state index contributed by atoms with van der Waals surface area (Å²) >= 11 is 0.